The predicted octanol–water partition coefficient (Wildman–Crippen LogP) is 16.8. The summed E-state index contributed by atoms with van der Waals surface area (Å²) in [6, 6.07) is 28.9. The summed E-state index contributed by atoms with van der Waals surface area (Å²) < 4.78 is 44.6. The van der Waals surface area contributed by atoms with Crippen LogP contribution in [-0.4, -0.2) is 102 Å². The van der Waals surface area contributed by atoms with Crippen molar-refractivity contribution in [1.29, 1.82) is 5.41 Å². The van der Waals surface area contributed by atoms with Gasteiger partial charge in [0.1, 0.15) is 40.8 Å². The summed E-state index contributed by atoms with van der Waals surface area (Å²) >= 11 is 1.60. The average Bonchev–Trinajstić information content (AvgIpc) is 4.07. The molecule has 86 heavy (non-hydrogen) atoms. The number of methoxy groups -OCH3 is 2. The third-order valence-electron chi connectivity index (χ3n) is 14.4. The summed E-state index contributed by atoms with van der Waals surface area (Å²) in [5.74, 6) is 6.72. The number of nitrogens with one attached hydrogen (secondary N) is 2. The highest BCUT2D eigenvalue weighted by molar-refractivity contribution is 7.22. The molecule has 0 radical (unpaired) electrons. The van der Waals surface area contributed by atoms with Crippen LogP contribution >= 0.6 is 11.3 Å². The van der Waals surface area contributed by atoms with E-state index in [4.69, 9.17) is 48.4 Å². The van der Waals surface area contributed by atoms with Crippen LogP contribution in [0.5, 0.6) is 34.5 Å². The zero-order valence-corrected chi connectivity index (χ0v) is 52.8. The number of fused-ring (bicyclic) bond motifs is 1. The number of hydrogen-bond donors (Lipinski definition) is 3. The van der Waals surface area contributed by atoms with Crippen molar-refractivity contribution in [2.75, 3.05) is 72.3 Å². The van der Waals surface area contributed by atoms with E-state index in [9.17, 15) is 14.4 Å². The Hall–Kier alpha value is -6.65. The van der Waals surface area contributed by atoms with Crippen molar-refractivity contribution in [2.24, 2.45) is 23.7 Å². The standard InChI is InChI=1S/C24H33NO3.2C16H24O4.C9H10N2OS.C4H10.CH4/c1-2-18-3-7-20(8-4-18)16-27-23-11-12-24(22(13-23)14-25)28-17-21-9-5-19(15-26)6-10-21;2*1-3-16(17)20-13-7-5-4-6-12-19-15-10-8-14(18-2)9-11-15;12-6-5-10-9-11-7-3-1-2-4-8(7)13-9;1-3-4-2;/h2,11-15,18-21,25H,1,3-10,16-17H2;2*8-11H,3-7,12-13H2,1-2H3;1-4,12H,5-6H2,(H,10,11);3-4H2,1-2H3;1H4. The lowest BCUT2D eigenvalue weighted by atomic mass is 9.82. The molecule has 0 amide bonds. The molecule has 2 aliphatic rings. The van der Waals surface area contributed by atoms with Gasteiger partial charge in [-0.3, -0.25) is 9.59 Å². The van der Waals surface area contributed by atoms with Gasteiger partial charge in [0.2, 0.25) is 0 Å². The second-order valence-corrected chi connectivity index (χ2v) is 22.1. The molecule has 2 aliphatic carbocycles. The van der Waals surface area contributed by atoms with Gasteiger partial charge in [0, 0.05) is 37.1 Å². The van der Waals surface area contributed by atoms with Gasteiger partial charge in [-0.15, -0.1) is 6.58 Å². The van der Waals surface area contributed by atoms with Crippen LogP contribution in [-0.2, 0) is 23.9 Å². The first-order valence-electron chi connectivity index (χ1n) is 31.1. The molecule has 0 saturated heterocycles. The molecule has 4 aromatic carbocycles. The molecule has 16 heteroatoms. The lowest BCUT2D eigenvalue weighted by Gasteiger charge is -2.26. The fourth-order valence-corrected chi connectivity index (χ4v) is 9.78. The summed E-state index contributed by atoms with van der Waals surface area (Å²) in [5.41, 5.74) is 1.77. The molecule has 1 heterocycles. The number of aldehydes is 1. The Labute approximate surface area is 519 Å². The van der Waals surface area contributed by atoms with Crippen LogP contribution in [0.4, 0.5) is 5.13 Å². The van der Waals surface area contributed by atoms with E-state index >= 15 is 0 Å². The van der Waals surface area contributed by atoms with Crippen LogP contribution < -0.4 is 33.7 Å². The Bertz CT molecular complexity index is 2410. The van der Waals surface area contributed by atoms with Crippen molar-refractivity contribution < 1.29 is 57.4 Å². The number of para-hydroxylation sites is 1. The van der Waals surface area contributed by atoms with Crippen LogP contribution in [0.3, 0.4) is 0 Å². The number of ether oxygens (including phenoxy) is 8. The van der Waals surface area contributed by atoms with E-state index < -0.39 is 0 Å². The first-order valence-corrected chi connectivity index (χ1v) is 31.9. The number of aliphatic hydroxyl groups is 1. The molecule has 5 aromatic rings. The molecule has 1 aromatic heterocycles. The number of carbonyl (C=O) groups excluding carboxylic acids is 3. The molecule has 2 saturated carbocycles. The number of allylic oxidation sites excluding steroid dienone is 1. The van der Waals surface area contributed by atoms with Crippen molar-refractivity contribution in [3.05, 3.63) is 109 Å². The third kappa shape index (κ3) is 33.3. The number of aromatic nitrogens is 1. The lowest BCUT2D eigenvalue weighted by molar-refractivity contribution is -0.144. The Morgan fingerprint density at radius 1 is 0.616 bits per heavy atom. The molecule has 15 nitrogen and oxygen atoms in total. The quantitative estimate of drug-likeness (QED) is 0.0118. The molecular formula is C70H105N3O12S. The smallest absolute Gasteiger partial charge is 0.305 e. The first kappa shape index (κ1) is 75.4. The van der Waals surface area contributed by atoms with Crippen molar-refractivity contribution >= 4 is 51.1 Å². The number of aliphatic hydroxyl groups excluding tert-OH is 1. The molecule has 0 aliphatic heterocycles. The molecule has 3 N–H and O–H groups in total. The Kier molecular flexibility index (Phi) is 42.5. The topological polar surface area (TPSA) is 194 Å². The third-order valence-corrected chi connectivity index (χ3v) is 15.4. The maximum atomic E-state index is 10.9. The Morgan fingerprint density at radius 2 is 1.08 bits per heavy atom. The van der Waals surface area contributed by atoms with Gasteiger partial charge in [0.25, 0.3) is 0 Å². The van der Waals surface area contributed by atoms with E-state index in [0.717, 1.165) is 141 Å². The lowest BCUT2D eigenvalue weighted by Crippen LogP contribution is -2.21. The predicted molar refractivity (Wildman–Crippen MR) is 351 cm³/mol. The Balaban J connectivity index is 0.000000392. The fourth-order valence-electron chi connectivity index (χ4n) is 8.89. The van der Waals surface area contributed by atoms with E-state index in [2.05, 4.69) is 36.8 Å². The number of rotatable bonds is 33. The molecule has 7 rings (SSSR count). The maximum Gasteiger partial charge on any atom is 0.305 e. The van der Waals surface area contributed by atoms with Gasteiger partial charge < -0.3 is 58.5 Å². The zero-order chi connectivity index (χ0) is 61.5. The highest BCUT2D eigenvalue weighted by atomic mass is 32.1. The molecule has 0 spiro atoms. The number of benzene rings is 4. The number of anilines is 1. The minimum Gasteiger partial charge on any atom is -0.497 e. The highest BCUT2D eigenvalue weighted by Crippen LogP contribution is 2.32. The number of thiazole rings is 1. The maximum absolute atomic E-state index is 10.9. The molecule has 478 valence electrons. The number of esters is 2. The van der Waals surface area contributed by atoms with Gasteiger partial charge in [-0.05, 0) is 199 Å². The van der Waals surface area contributed by atoms with E-state index in [1.807, 2.05) is 91.0 Å². The molecule has 0 bridgehead atoms. The summed E-state index contributed by atoms with van der Waals surface area (Å²) in [7, 11) is 3.29. The van der Waals surface area contributed by atoms with Gasteiger partial charge in [-0.25, -0.2) is 4.98 Å². The molecular weight excluding hydrogens is 1110 g/mol. The van der Waals surface area contributed by atoms with Gasteiger partial charge >= 0.3 is 11.9 Å². The van der Waals surface area contributed by atoms with Crippen molar-refractivity contribution in [3.63, 3.8) is 0 Å². The van der Waals surface area contributed by atoms with Crippen molar-refractivity contribution in [2.45, 2.75) is 164 Å². The number of carbonyl (C=O) groups is 3. The monoisotopic (exact) mass is 1210 g/mol. The number of unbranched alkanes of at least 4 members (excludes halogenated alkanes) is 7. The van der Waals surface area contributed by atoms with E-state index in [1.165, 1.54) is 49.4 Å². The van der Waals surface area contributed by atoms with Crippen LogP contribution in [0.1, 0.15) is 169 Å². The fraction of sp³-hybridized carbons (Fsp3) is 0.557. The van der Waals surface area contributed by atoms with E-state index in [-0.39, 0.29) is 31.9 Å². The van der Waals surface area contributed by atoms with Gasteiger partial charge in [-0.1, -0.05) is 77.5 Å². The van der Waals surface area contributed by atoms with Crippen LogP contribution in [0.2, 0.25) is 0 Å². The largest absolute Gasteiger partial charge is 0.497 e. The molecule has 0 unspecified atom stereocenters. The van der Waals surface area contributed by atoms with Gasteiger partial charge in [-0.2, -0.15) is 0 Å². The van der Waals surface area contributed by atoms with Gasteiger partial charge in [0.05, 0.1) is 70.7 Å². The van der Waals surface area contributed by atoms with E-state index in [0.29, 0.717) is 70.2 Å². The number of hydrogen-bond acceptors (Lipinski definition) is 16. The average molecular weight is 1210 g/mol. The highest BCUT2D eigenvalue weighted by Gasteiger charge is 2.22. The summed E-state index contributed by atoms with van der Waals surface area (Å²) in [5, 5.41) is 20.2. The van der Waals surface area contributed by atoms with Crippen molar-refractivity contribution in [1.82, 2.24) is 4.98 Å². The van der Waals surface area contributed by atoms with Crippen molar-refractivity contribution in [3.8, 4) is 34.5 Å². The normalized spacial score (nSPS) is 15.6. The molecule has 0 atom stereocenters. The van der Waals surface area contributed by atoms with E-state index in [1.54, 1.807) is 39.4 Å². The number of nitrogens with zero attached hydrogens (tertiary/aromatic N) is 1. The minimum absolute atomic E-state index is 0. The summed E-state index contributed by atoms with van der Waals surface area (Å²) in [4.78, 5) is 37.0. The summed E-state index contributed by atoms with van der Waals surface area (Å²) in [6.45, 7) is 16.4. The second-order valence-electron chi connectivity index (χ2n) is 21.1. The molecule has 2 fully saturated rings. The minimum atomic E-state index is -0.118. The van der Waals surface area contributed by atoms with Crippen LogP contribution in [0.15, 0.2) is 104 Å². The summed E-state index contributed by atoms with van der Waals surface area (Å²) in [6.07, 6.45) is 25.0. The SMILES string of the molecule is C.C=CC1CCC(COc2ccc(OCC3CCC(C=O)CC3)c(C=N)c2)CC1.CCC(=O)OCCCCCCOc1ccc(OC)cc1.CCC(=O)OCCCCCCOc1ccc(OC)cc1.CCCC.OCCNc1nc2ccccc2s1. The van der Waals surface area contributed by atoms with Gasteiger partial charge in [0.15, 0.2) is 5.13 Å². The Morgan fingerprint density at radius 3 is 1.52 bits per heavy atom. The zero-order valence-electron chi connectivity index (χ0n) is 52.0. The van der Waals surface area contributed by atoms with Crippen LogP contribution in [0, 0.1) is 29.1 Å². The second kappa shape index (κ2) is 48.5. The first-order chi connectivity index (χ1) is 41.5. The van der Waals surface area contributed by atoms with Crippen LogP contribution in [0.25, 0.3) is 10.2 Å².